The minimum absolute atomic E-state index is 0.168. The van der Waals surface area contributed by atoms with Crippen LogP contribution in [-0.2, 0) is 6.18 Å². The fraction of sp³-hybridized carbons (Fsp3) is 0.238. The Bertz CT molecular complexity index is 1190. The first-order chi connectivity index (χ1) is 15.1. The number of amides is 3. The van der Waals surface area contributed by atoms with Crippen LogP contribution in [0.4, 0.5) is 28.0 Å². The van der Waals surface area contributed by atoms with Crippen LogP contribution in [0.2, 0.25) is 5.02 Å². The second kappa shape index (κ2) is 8.34. The number of carbonyl (C=O) groups is 2. The number of aromatic amines is 1. The van der Waals surface area contributed by atoms with Crippen molar-refractivity contribution in [1.82, 2.24) is 14.8 Å². The van der Waals surface area contributed by atoms with Crippen molar-refractivity contribution in [2.75, 3.05) is 31.5 Å². The maximum atomic E-state index is 13.4. The average Bonchev–Trinajstić information content (AvgIpc) is 3.17. The molecule has 1 aliphatic rings. The van der Waals surface area contributed by atoms with Gasteiger partial charge in [-0.25, -0.2) is 9.18 Å². The third-order valence-electron chi connectivity index (χ3n) is 5.19. The van der Waals surface area contributed by atoms with Gasteiger partial charge in [-0.1, -0.05) is 11.6 Å². The molecule has 0 saturated carbocycles. The summed E-state index contributed by atoms with van der Waals surface area (Å²) in [5.41, 5.74) is -0.455. The van der Waals surface area contributed by atoms with Gasteiger partial charge in [-0.2, -0.15) is 13.2 Å². The number of hydrogen-bond acceptors (Lipinski definition) is 2. The number of alkyl halides is 3. The number of carbonyl (C=O) groups excluding carboxylic acids is 2. The highest BCUT2D eigenvalue weighted by Crippen LogP contribution is 2.33. The molecule has 11 heteroatoms. The standard InChI is InChI=1S/C21H17ClF4N4O2/c22-13-1-4-17-12(9-13)10-18(28-17)19(31)29-5-7-30(8-6-29)20(32)27-14-2-3-16(23)15(11-14)21(24,25)26/h1-4,9-11,28H,5-8H2,(H,27,32). The Morgan fingerprint density at radius 1 is 0.969 bits per heavy atom. The SMILES string of the molecule is O=C(Nc1ccc(F)c(C(F)(F)F)c1)N1CCN(C(=O)c2cc3cc(Cl)ccc3[nH]2)CC1. The van der Waals surface area contributed by atoms with Gasteiger partial charge in [0.2, 0.25) is 0 Å². The van der Waals surface area contributed by atoms with Gasteiger partial charge in [0, 0.05) is 47.8 Å². The first kappa shape index (κ1) is 21.9. The molecule has 6 nitrogen and oxygen atoms in total. The lowest BCUT2D eigenvalue weighted by Crippen LogP contribution is -2.51. The van der Waals surface area contributed by atoms with Gasteiger partial charge in [-0.3, -0.25) is 4.79 Å². The van der Waals surface area contributed by atoms with Gasteiger partial charge in [0.05, 0.1) is 5.56 Å². The molecule has 3 amide bonds. The number of rotatable bonds is 2. The smallest absolute Gasteiger partial charge is 0.351 e. The zero-order chi connectivity index (χ0) is 23.0. The third-order valence-corrected chi connectivity index (χ3v) is 5.43. The van der Waals surface area contributed by atoms with Crippen molar-refractivity contribution < 1.29 is 27.2 Å². The molecule has 2 N–H and O–H groups in total. The van der Waals surface area contributed by atoms with Crippen LogP contribution in [0.3, 0.4) is 0 Å². The molecule has 2 heterocycles. The Morgan fingerprint density at radius 2 is 1.66 bits per heavy atom. The number of benzene rings is 2. The number of nitrogens with zero attached hydrogens (tertiary/aromatic N) is 2. The van der Waals surface area contributed by atoms with E-state index in [-0.39, 0.29) is 37.8 Å². The van der Waals surface area contributed by atoms with E-state index < -0.39 is 23.6 Å². The van der Waals surface area contributed by atoms with Crippen molar-refractivity contribution in [3.05, 3.63) is 64.6 Å². The summed E-state index contributed by atoms with van der Waals surface area (Å²) in [6.07, 6.45) is -4.87. The first-order valence-corrected chi connectivity index (χ1v) is 10.00. The van der Waals surface area contributed by atoms with Crippen LogP contribution in [0.15, 0.2) is 42.5 Å². The van der Waals surface area contributed by atoms with Crippen LogP contribution in [0, 0.1) is 5.82 Å². The van der Waals surface area contributed by atoms with Crippen LogP contribution in [0.25, 0.3) is 10.9 Å². The van der Waals surface area contributed by atoms with Crippen LogP contribution >= 0.6 is 11.6 Å². The van der Waals surface area contributed by atoms with E-state index in [9.17, 15) is 27.2 Å². The molecule has 0 spiro atoms. The van der Waals surface area contributed by atoms with E-state index >= 15 is 0 Å². The van der Waals surface area contributed by atoms with Crippen molar-refractivity contribution in [3.63, 3.8) is 0 Å². The number of halogens is 5. The molecule has 0 atom stereocenters. The van der Waals surface area contributed by atoms with Gasteiger partial charge in [0.1, 0.15) is 11.5 Å². The number of nitrogens with one attached hydrogen (secondary N) is 2. The molecule has 0 aliphatic carbocycles. The number of aromatic nitrogens is 1. The predicted octanol–water partition coefficient (Wildman–Crippen LogP) is 4.97. The van der Waals surface area contributed by atoms with Crippen LogP contribution in [-0.4, -0.2) is 52.9 Å². The molecular formula is C21H17ClF4N4O2. The minimum Gasteiger partial charge on any atom is -0.351 e. The minimum atomic E-state index is -4.87. The highest BCUT2D eigenvalue weighted by molar-refractivity contribution is 6.31. The molecule has 1 aliphatic heterocycles. The normalized spacial score (nSPS) is 14.7. The highest BCUT2D eigenvalue weighted by Gasteiger charge is 2.34. The Hall–Kier alpha value is -3.27. The lowest BCUT2D eigenvalue weighted by atomic mass is 10.2. The fourth-order valence-electron chi connectivity index (χ4n) is 3.52. The topological polar surface area (TPSA) is 68.4 Å². The molecule has 3 aromatic rings. The Balaban J connectivity index is 1.38. The molecule has 0 radical (unpaired) electrons. The highest BCUT2D eigenvalue weighted by atomic mass is 35.5. The van der Waals surface area contributed by atoms with E-state index in [0.29, 0.717) is 22.8 Å². The summed E-state index contributed by atoms with van der Waals surface area (Å²) < 4.78 is 52.0. The lowest BCUT2D eigenvalue weighted by Gasteiger charge is -2.34. The van der Waals surface area contributed by atoms with Crippen molar-refractivity contribution in [2.24, 2.45) is 0 Å². The van der Waals surface area contributed by atoms with Gasteiger partial charge in [-0.05, 0) is 42.5 Å². The molecule has 32 heavy (non-hydrogen) atoms. The van der Waals surface area contributed by atoms with Gasteiger partial charge in [0.25, 0.3) is 5.91 Å². The van der Waals surface area contributed by atoms with Gasteiger partial charge in [0.15, 0.2) is 0 Å². The fourth-order valence-corrected chi connectivity index (χ4v) is 3.71. The van der Waals surface area contributed by atoms with Crippen LogP contribution < -0.4 is 5.32 Å². The molecular weight excluding hydrogens is 452 g/mol. The lowest BCUT2D eigenvalue weighted by molar-refractivity contribution is -0.139. The van der Waals surface area contributed by atoms with Gasteiger partial charge < -0.3 is 20.1 Å². The van der Waals surface area contributed by atoms with Gasteiger partial charge in [-0.15, -0.1) is 0 Å². The van der Waals surface area contributed by atoms with Crippen molar-refractivity contribution in [2.45, 2.75) is 6.18 Å². The van der Waals surface area contributed by atoms with E-state index in [0.717, 1.165) is 17.0 Å². The zero-order valence-corrected chi connectivity index (χ0v) is 17.2. The summed E-state index contributed by atoms with van der Waals surface area (Å²) in [6, 6.07) is 8.57. The van der Waals surface area contributed by atoms with Crippen molar-refractivity contribution in [1.29, 1.82) is 0 Å². The van der Waals surface area contributed by atoms with Crippen molar-refractivity contribution in [3.8, 4) is 0 Å². The molecule has 1 saturated heterocycles. The maximum Gasteiger partial charge on any atom is 0.419 e. The monoisotopic (exact) mass is 468 g/mol. The molecule has 0 bridgehead atoms. The first-order valence-electron chi connectivity index (χ1n) is 9.62. The van der Waals surface area contributed by atoms with E-state index in [2.05, 4.69) is 10.3 Å². The maximum absolute atomic E-state index is 13.4. The second-order valence-electron chi connectivity index (χ2n) is 7.32. The predicted molar refractivity (Wildman–Crippen MR) is 111 cm³/mol. The summed E-state index contributed by atoms with van der Waals surface area (Å²) in [4.78, 5) is 31.2. The van der Waals surface area contributed by atoms with Gasteiger partial charge >= 0.3 is 12.2 Å². The molecule has 1 fully saturated rings. The molecule has 0 unspecified atom stereocenters. The van der Waals surface area contributed by atoms with E-state index in [4.69, 9.17) is 11.6 Å². The Labute approximate surface area is 184 Å². The summed E-state index contributed by atoms with van der Waals surface area (Å²) in [6.45, 7) is 0.882. The van der Waals surface area contributed by atoms with E-state index in [1.807, 2.05) is 0 Å². The third kappa shape index (κ3) is 4.50. The number of piperazine rings is 1. The van der Waals surface area contributed by atoms with E-state index in [1.54, 1.807) is 29.2 Å². The van der Waals surface area contributed by atoms with Crippen LogP contribution in [0.5, 0.6) is 0 Å². The molecule has 2 aromatic carbocycles. The summed E-state index contributed by atoms with van der Waals surface area (Å²) in [5, 5.41) is 3.70. The molecule has 4 rings (SSSR count). The number of H-pyrrole nitrogens is 1. The summed E-state index contributed by atoms with van der Waals surface area (Å²) >= 11 is 5.97. The zero-order valence-electron chi connectivity index (χ0n) is 16.5. The average molecular weight is 469 g/mol. The van der Waals surface area contributed by atoms with Crippen molar-refractivity contribution >= 4 is 40.1 Å². The number of fused-ring (bicyclic) bond motifs is 1. The Morgan fingerprint density at radius 3 is 2.34 bits per heavy atom. The Kier molecular flexibility index (Phi) is 5.72. The molecule has 168 valence electrons. The number of hydrogen-bond donors (Lipinski definition) is 2. The van der Waals surface area contributed by atoms with E-state index in [1.165, 1.54) is 4.90 Å². The quantitative estimate of drug-likeness (QED) is 0.521. The number of anilines is 1. The number of urea groups is 1. The molecule has 1 aromatic heterocycles. The largest absolute Gasteiger partial charge is 0.419 e. The van der Waals surface area contributed by atoms with Crippen LogP contribution in [0.1, 0.15) is 16.1 Å². The second-order valence-corrected chi connectivity index (χ2v) is 7.75. The summed E-state index contributed by atoms with van der Waals surface area (Å²) in [7, 11) is 0. The summed E-state index contributed by atoms with van der Waals surface area (Å²) in [5.74, 6) is -1.65.